The third kappa shape index (κ3) is 2.48. The van der Waals surface area contributed by atoms with E-state index in [0.717, 1.165) is 27.9 Å². The maximum Gasteiger partial charge on any atom is 0.337 e. The fourth-order valence-corrected chi connectivity index (χ4v) is 3.40. The minimum absolute atomic E-state index is 0.313. The number of nitrogens with zero attached hydrogens (tertiary/aromatic N) is 3. The highest BCUT2D eigenvalue weighted by Gasteiger charge is 2.12. The smallest absolute Gasteiger partial charge is 0.337 e. The van der Waals surface area contributed by atoms with Crippen LogP contribution in [0.25, 0.3) is 16.6 Å². The first kappa shape index (κ1) is 15.4. The second kappa shape index (κ2) is 5.77. The van der Waals surface area contributed by atoms with Crippen LogP contribution in [0.2, 0.25) is 0 Å². The maximum atomic E-state index is 11.8. The third-order valence-electron chi connectivity index (χ3n) is 4.63. The lowest BCUT2D eigenvalue weighted by Gasteiger charge is -2.10. The molecule has 0 unspecified atom stereocenters. The first-order chi connectivity index (χ1) is 12.1. The molecule has 0 radical (unpaired) electrons. The normalized spacial score (nSPS) is 11.3. The number of benzene rings is 1. The number of aromatic nitrogens is 3. The summed E-state index contributed by atoms with van der Waals surface area (Å²) in [5, 5.41) is 0. The molecule has 0 saturated carbocycles. The Kier molecular flexibility index (Phi) is 3.57. The lowest BCUT2D eigenvalue weighted by atomic mass is 10.1. The number of hydrogen-bond donors (Lipinski definition) is 0. The Balaban J connectivity index is 1.82. The summed E-state index contributed by atoms with van der Waals surface area (Å²) in [6.07, 6.45) is 1.89. The molecule has 0 bridgehead atoms. The molecule has 1 aromatic carbocycles. The van der Waals surface area contributed by atoms with Crippen LogP contribution in [0.3, 0.4) is 0 Å². The average Bonchev–Trinajstić information content (AvgIpc) is 3.15. The summed E-state index contributed by atoms with van der Waals surface area (Å²) in [5.74, 6) is 0.664. The number of ether oxygens (including phenoxy) is 1. The third-order valence-corrected chi connectivity index (χ3v) is 4.63. The lowest BCUT2D eigenvalue weighted by molar-refractivity contribution is 0.0600. The summed E-state index contributed by atoms with van der Waals surface area (Å²) in [5.41, 5.74) is 6.19. The number of fused-ring (bicyclic) bond motifs is 3. The Morgan fingerprint density at radius 3 is 2.76 bits per heavy atom. The molecule has 5 heteroatoms. The maximum absolute atomic E-state index is 11.8. The molecule has 0 fully saturated rings. The number of rotatable bonds is 3. The molecule has 3 heterocycles. The van der Waals surface area contributed by atoms with Gasteiger partial charge in [0.1, 0.15) is 5.82 Å². The van der Waals surface area contributed by atoms with Gasteiger partial charge < -0.3 is 9.30 Å². The van der Waals surface area contributed by atoms with Crippen LogP contribution in [0, 0.1) is 13.8 Å². The fourth-order valence-electron chi connectivity index (χ4n) is 3.40. The van der Waals surface area contributed by atoms with Crippen LogP contribution in [0.4, 0.5) is 0 Å². The number of methoxy groups -OCH3 is 1. The van der Waals surface area contributed by atoms with Gasteiger partial charge in [-0.1, -0.05) is 12.1 Å². The number of imidazole rings is 1. The molecule has 0 aliphatic heterocycles. The number of carbonyl (C=O) groups is 1. The van der Waals surface area contributed by atoms with Gasteiger partial charge in [0, 0.05) is 12.2 Å². The highest BCUT2D eigenvalue weighted by atomic mass is 16.5. The van der Waals surface area contributed by atoms with Gasteiger partial charge in [-0.3, -0.25) is 4.40 Å². The molecule has 0 aliphatic rings. The van der Waals surface area contributed by atoms with E-state index >= 15 is 0 Å². The minimum atomic E-state index is -0.313. The molecule has 0 saturated heterocycles. The number of pyridine rings is 1. The van der Waals surface area contributed by atoms with E-state index in [0.29, 0.717) is 12.1 Å². The van der Waals surface area contributed by atoms with Crippen molar-refractivity contribution in [3.8, 4) is 0 Å². The zero-order chi connectivity index (χ0) is 17.6. The fraction of sp³-hybridized carbons (Fsp3) is 0.200. The van der Waals surface area contributed by atoms with Crippen molar-refractivity contribution in [2.45, 2.75) is 20.4 Å². The van der Waals surface area contributed by atoms with Crippen LogP contribution in [0.15, 0.2) is 48.7 Å². The molecule has 3 aromatic heterocycles. The van der Waals surface area contributed by atoms with Crippen molar-refractivity contribution in [1.29, 1.82) is 0 Å². The summed E-state index contributed by atoms with van der Waals surface area (Å²) >= 11 is 0. The minimum Gasteiger partial charge on any atom is -0.465 e. The summed E-state index contributed by atoms with van der Waals surface area (Å²) in [6, 6.07) is 14.0. The predicted molar refractivity (Wildman–Crippen MR) is 97.0 cm³/mol. The standard InChI is InChI=1S/C20H19N3O2/c1-13-9-19-18(8-7-17-11-21-14(2)23(17)19)22(13)12-15-5-4-6-16(10-15)20(24)25-3/h4-11H,12H2,1-3H3. The second-order valence-corrected chi connectivity index (χ2v) is 6.23. The Labute approximate surface area is 145 Å². The van der Waals surface area contributed by atoms with E-state index in [1.54, 1.807) is 6.07 Å². The lowest BCUT2D eigenvalue weighted by Crippen LogP contribution is -2.05. The van der Waals surface area contributed by atoms with Crippen molar-refractivity contribution >= 4 is 22.5 Å². The Morgan fingerprint density at radius 1 is 1.12 bits per heavy atom. The molecular formula is C20H19N3O2. The van der Waals surface area contributed by atoms with Crippen molar-refractivity contribution in [2.24, 2.45) is 0 Å². The summed E-state index contributed by atoms with van der Waals surface area (Å²) in [6.45, 7) is 4.81. The van der Waals surface area contributed by atoms with Gasteiger partial charge in [0.15, 0.2) is 0 Å². The van der Waals surface area contributed by atoms with E-state index < -0.39 is 0 Å². The van der Waals surface area contributed by atoms with Crippen LogP contribution in [-0.2, 0) is 11.3 Å². The Morgan fingerprint density at radius 2 is 1.96 bits per heavy atom. The van der Waals surface area contributed by atoms with Gasteiger partial charge in [-0.25, -0.2) is 9.78 Å². The first-order valence-corrected chi connectivity index (χ1v) is 8.18. The van der Waals surface area contributed by atoms with Crippen molar-refractivity contribution in [3.05, 3.63) is 71.3 Å². The molecule has 4 rings (SSSR count). The molecule has 5 nitrogen and oxygen atoms in total. The van der Waals surface area contributed by atoms with E-state index in [2.05, 4.69) is 39.1 Å². The number of hydrogen-bond acceptors (Lipinski definition) is 3. The molecule has 0 aliphatic carbocycles. The number of esters is 1. The SMILES string of the molecule is COC(=O)c1cccc(Cn2c(C)cc3c2ccc2cnc(C)n23)c1. The predicted octanol–water partition coefficient (Wildman–Crippen LogP) is 3.74. The Hall–Kier alpha value is -3.08. The zero-order valence-electron chi connectivity index (χ0n) is 14.5. The van der Waals surface area contributed by atoms with Crippen LogP contribution in [0.1, 0.15) is 27.4 Å². The van der Waals surface area contributed by atoms with E-state index in [4.69, 9.17) is 4.74 Å². The quantitative estimate of drug-likeness (QED) is 0.537. The van der Waals surface area contributed by atoms with Gasteiger partial charge in [-0.05, 0) is 49.7 Å². The zero-order valence-corrected chi connectivity index (χ0v) is 14.5. The van der Waals surface area contributed by atoms with Gasteiger partial charge in [-0.2, -0.15) is 0 Å². The Bertz CT molecular complexity index is 1100. The van der Waals surface area contributed by atoms with Gasteiger partial charge in [-0.15, -0.1) is 0 Å². The van der Waals surface area contributed by atoms with Crippen LogP contribution in [-0.4, -0.2) is 27.0 Å². The monoisotopic (exact) mass is 333 g/mol. The van der Waals surface area contributed by atoms with Crippen molar-refractivity contribution in [3.63, 3.8) is 0 Å². The topological polar surface area (TPSA) is 48.5 Å². The molecule has 126 valence electrons. The van der Waals surface area contributed by atoms with E-state index in [1.165, 1.54) is 12.8 Å². The van der Waals surface area contributed by atoms with Gasteiger partial charge in [0.05, 0.1) is 35.4 Å². The van der Waals surface area contributed by atoms with E-state index in [-0.39, 0.29) is 5.97 Å². The summed E-state index contributed by atoms with van der Waals surface area (Å²) < 4.78 is 9.24. The largest absolute Gasteiger partial charge is 0.465 e. The molecule has 0 N–H and O–H groups in total. The average molecular weight is 333 g/mol. The highest BCUT2D eigenvalue weighted by Crippen LogP contribution is 2.24. The van der Waals surface area contributed by atoms with E-state index in [9.17, 15) is 4.79 Å². The molecule has 0 amide bonds. The van der Waals surface area contributed by atoms with E-state index in [1.807, 2.05) is 31.3 Å². The molecular weight excluding hydrogens is 314 g/mol. The van der Waals surface area contributed by atoms with Crippen LogP contribution >= 0.6 is 0 Å². The first-order valence-electron chi connectivity index (χ1n) is 8.18. The number of aryl methyl sites for hydroxylation is 2. The summed E-state index contributed by atoms with van der Waals surface area (Å²) in [7, 11) is 1.40. The highest BCUT2D eigenvalue weighted by molar-refractivity contribution is 5.89. The van der Waals surface area contributed by atoms with Gasteiger partial charge >= 0.3 is 5.97 Å². The van der Waals surface area contributed by atoms with Gasteiger partial charge in [0.2, 0.25) is 0 Å². The molecule has 25 heavy (non-hydrogen) atoms. The molecule has 0 spiro atoms. The van der Waals surface area contributed by atoms with Crippen molar-refractivity contribution in [2.75, 3.05) is 7.11 Å². The van der Waals surface area contributed by atoms with Crippen molar-refractivity contribution < 1.29 is 9.53 Å². The second-order valence-electron chi connectivity index (χ2n) is 6.23. The van der Waals surface area contributed by atoms with Gasteiger partial charge in [0.25, 0.3) is 0 Å². The molecule has 4 aromatic rings. The van der Waals surface area contributed by atoms with Crippen LogP contribution in [0.5, 0.6) is 0 Å². The van der Waals surface area contributed by atoms with Crippen molar-refractivity contribution in [1.82, 2.24) is 14.0 Å². The molecule has 0 atom stereocenters. The van der Waals surface area contributed by atoms with Crippen LogP contribution < -0.4 is 0 Å². The number of carbonyl (C=O) groups excluding carboxylic acids is 1. The summed E-state index contributed by atoms with van der Waals surface area (Å²) in [4.78, 5) is 16.2.